The number of benzene rings is 2. The number of likely N-dealkylation sites (N-methyl/N-ethyl adjacent to an activating group) is 1. The number of nitrogens with zero attached hydrogens (tertiary/aromatic N) is 2. The molecule has 0 aromatic heterocycles. The number of hydrogen-bond acceptors (Lipinski definition) is 7. The molecule has 1 N–H and O–H groups in total. The average molecular weight is 527 g/mol. The minimum atomic E-state index is -0.982. The van der Waals surface area contributed by atoms with Crippen molar-refractivity contribution in [2.75, 3.05) is 48.6 Å². The number of ether oxygens (including phenoxy) is 4. The van der Waals surface area contributed by atoms with Crippen LogP contribution in [0.15, 0.2) is 24.3 Å². The lowest BCUT2D eigenvalue weighted by Gasteiger charge is -2.32. The molecule has 0 aliphatic rings. The number of rotatable bonds is 15. The molecule has 208 valence electrons. The summed E-state index contributed by atoms with van der Waals surface area (Å²) >= 11 is 0. The molecule has 0 saturated heterocycles. The Morgan fingerprint density at radius 2 is 1.66 bits per heavy atom. The highest BCUT2D eigenvalue weighted by Gasteiger charge is 2.36. The van der Waals surface area contributed by atoms with E-state index in [9.17, 15) is 15.2 Å². The van der Waals surface area contributed by atoms with Crippen LogP contribution in [0.4, 0.5) is 0 Å². The predicted molar refractivity (Wildman–Crippen MR) is 148 cm³/mol. The number of carbonyl (C=O) groups is 1. The van der Waals surface area contributed by atoms with Crippen molar-refractivity contribution in [3.05, 3.63) is 46.5 Å². The van der Waals surface area contributed by atoms with E-state index in [1.807, 2.05) is 32.2 Å². The molecule has 8 heteroatoms. The van der Waals surface area contributed by atoms with Crippen LogP contribution in [0.1, 0.15) is 60.7 Å². The van der Waals surface area contributed by atoms with Gasteiger partial charge in [-0.2, -0.15) is 5.26 Å². The summed E-state index contributed by atoms with van der Waals surface area (Å²) in [6.45, 7) is 7.56. The Balaban J connectivity index is 2.20. The summed E-state index contributed by atoms with van der Waals surface area (Å²) in [5.74, 6) is 1.36. The summed E-state index contributed by atoms with van der Waals surface area (Å²) in [4.78, 5) is 14.2. The molecule has 0 heterocycles. The van der Waals surface area contributed by atoms with E-state index >= 15 is 0 Å². The SMILES string of the molecule is CCc1c(CCN(C)CCCC(C#N)(c2ccc(OC)c(OC)c2)C(C)C)c(C(=O)O)cc(OC)c1OC. The number of aromatic carboxylic acids is 1. The van der Waals surface area contributed by atoms with E-state index in [1.54, 1.807) is 27.4 Å². The lowest BCUT2D eigenvalue weighted by Crippen LogP contribution is -2.32. The van der Waals surface area contributed by atoms with Gasteiger partial charge in [-0.25, -0.2) is 4.79 Å². The highest BCUT2D eigenvalue weighted by Crippen LogP contribution is 2.41. The number of nitriles is 1. The van der Waals surface area contributed by atoms with Gasteiger partial charge < -0.3 is 29.0 Å². The molecule has 0 aliphatic heterocycles. The van der Waals surface area contributed by atoms with E-state index in [4.69, 9.17) is 18.9 Å². The highest BCUT2D eigenvalue weighted by molar-refractivity contribution is 5.91. The first-order chi connectivity index (χ1) is 18.1. The van der Waals surface area contributed by atoms with Gasteiger partial charge in [-0.05, 0) is 74.5 Å². The maximum atomic E-state index is 12.0. The monoisotopic (exact) mass is 526 g/mol. The third-order valence-electron chi connectivity index (χ3n) is 7.41. The van der Waals surface area contributed by atoms with Crippen molar-refractivity contribution in [2.24, 2.45) is 5.92 Å². The Morgan fingerprint density at radius 3 is 2.16 bits per heavy atom. The van der Waals surface area contributed by atoms with Crippen LogP contribution in [-0.2, 0) is 18.3 Å². The van der Waals surface area contributed by atoms with Gasteiger partial charge in [0.2, 0.25) is 0 Å². The minimum Gasteiger partial charge on any atom is -0.493 e. The van der Waals surface area contributed by atoms with Gasteiger partial charge in [0.1, 0.15) is 0 Å². The van der Waals surface area contributed by atoms with Gasteiger partial charge in [0.25, 0.3) is 0 Å². The van der Waals surface area contributed by atoms with E-state index < -0.39 is 11.4 Å². The Kier molecular flexibility index (Phi) is 11.3. The molecule has 1 atom stereocenters. The van der Waals surface area contributed by atoms with Crippen molar-refractivity contribution in [3.63, 3.8) is 0 Å². The van der Waals surface area contributed by atoms with Gasteiger partial charge in [-0.3, -0.25) is 0 Å². The summed E-state index contributed by atoms with van der Waals surface area (Å²) in [6, 6.07) is 9.85. The van der Waals surface area contributed by atoms with Crippen LogP contribution < -0.4 is 18.9 Å². The van der Waals surface area contributed by atoms with Gasteiger partial charge >= 0.3 is 5.97 Å². The molecule has 0 spiro atoms. The Morgan fingerprint density at radius 1 is 1.00 bits per heavy atom. The maximum Gasteiger partial charge on any atom is 0.336 e. The molecule has 2 aromatic carbocycles. The first-order valence-corrected chi connectivity index (χ1v) is 13.0. The summed E-state index contributed by atoms with van der Waals surface area (Å²) in [6.07, 6.45) is 2.67. The molecule has 8 nitrogen and oxygen atoms in total. The third kappa shape index (κ3) is 6.51. The average Bonchev–Trinajstić information content (AvgIpc) is 2.92. The molecule has 0 saturated carbocycles. The molecule has 2 aromatic rings. The number of carboxylic acids is 1. The van der Waals surface area contributed by atoms with Crippen LogP contribution in [0.2, 0.25) is 0 Å². The fourth-order valence-electron chi connectivity index (χ4n) is 5.13. The van der Waals surface area contributed by atoms with Crippen molar-refractivity contribution >= 4 is 5.97 Å². The molecule has 0 radical (unpaired) electrons. The maximum absolute atomic E-state index is 12.0. The first kappa shape index (κ1) is 30.8. The molecule has 0 bridgehead atoms. The Bertz CT molecular complexity index is 1140. The lowest BCUT2D eigenvalue weighted by molar-refractivity contribution is 0.0694. The second-order valence-corrected chi connectivity index (χ2v) is 9.74. The quantitative estimate of drug-likeness (QED) is 0.331. The van der Waals surface area contributed by atoms with E-state index in [0.29, 0.717) is 48.8 Å². The molecule has 0 aliphatic carbocycles. The van der Waals surface area contributed by atoms with Crippen LogP contribution >= 0.6 is 0 Å². The summed E-state index contributed by atoms with van der Waals surface area (Å²) < 4.78 is 21.8. The van der Waals surface area contributed by atoms with Gasteiger partial charge in [0.15, 0.2) is 23.0 Å². The highest BCUT2D eigenvalue weighted by atomic mass is 16.5. The topological polar surface area (TPSA) is 101 Å². The zero-order valence-electron chi connectivity index (χ0n) is 24.0. The zero-order valence-corrected chi connectivity index (χ0v) is 24.0. The molecular weight excluding hydrogens is 484 g/mol. The Hall–Kier alpha value is -3.44. The van der Waals surface area contributed by atoms with Crippen molar-refractivity contribution in [1.82, 2.24) is 4.90 Å². The summed E-state index contributed by atoms with van der Waals surface area (Å²) in [7, 11) is 8.29. The standard InChI is InChI=1S/C30H42N2O6/c1-9-22-23(24(29(33)34)18-27(37-7)28(22)38-8)13-16-32(4)15-10-14-30(19-31,20(2)3)21-11-12-25(35-5)26(17-21)36-6/h11-12,17-18,20H,9-10,13-16H2,1-8H3,(H,33,34). The second-order valence-electron chi connectivity index (χ2n) is 9.74. The van der Waals surface area contributed by atoms with E-state index in [1.165, 1.54) is 7.11 Å². The lowest BCUT2D eigenvalue weighted by atomic mass is 9.69. The fraction of sp³-hybridized carbons (Fsp3) is 0.533. The van der Waals surface area contributed by atoms with Crippen LogP contribution in [0.5, 0.6) is 23.0 Å². The van der Waals surface area contributed by atoms with E-state index in [0.717, 1.165) is 29.7 Å². The van der Waals surface area contributed by atoms with Crippen molar-refractivity contribution in [1.29, 1.82) is 5.26 Å². The van der Waals surface area contributed by atoms with E-state index in [2.05, 4.69) is 24.8 Å². The second kappa shape index (κ2) is 13.9. The van der Waals surface area contributed by atoms with Gasteiger partial charge in [0, 0.05) is 12.1 Å². The number of carboxylic acid groups (broad SMARTS) is 1. The molecule has 0 amide bonds. The summed E-state index contributed by atoms with van der Waals surface area (Å²) in [5.41, 5.74) is 2.11. The van der Waals surface area contributed by atoms with E-state index in [-0.39, 0.29) is 11.5 Å². The molecular formula is C30H42N2O6. The molecule has 1 unspecified atom stereocenters. The predicted octanol–water partition coefficient (Wildman–Crippen LogP) is 5.35. The smallest absolute Gasteiger partial charge is 0.336 e. The van der Waals surface area contributed by atoms with Crippen LogP contribution in [0.25, 0.3) is 0 Å². The van der Waals surface area contributed by atoms with Gasteiger partial charge in [-0.1, -0.05) is 26.8 Å². The summed E-state index contributed by atoms with van der Waals surface area (Å²) in [5, 5.41) is 20.2. The molecule has 0 fully saturated rings. The van der Waals surface area contributed by atoms with Crippen molar-refractivity contribution < 1.29 is 28.8 Å². The largest absolute Gasteiger partial charge is 0.493 e. The zero-order chi connectivity index (χ0) is 28.5. The van der Waals surface area contributed by atoms with Crippen LogP contribution in [0, 0.1) is 17.2 Å². The molecule has 38 heavy (non-hydrogen) atoms. The first-order valence-electron chi connectivity index (χ1n) is 13.0. The Labute approximate surface area is 227 Å². The van der Waals surface area contributed by atoms with Crippen LogP contribution in [0.3, 0.4) is 0 Å². The van der Waals surface area contributed by atoms with Gasteiger partial charge in [-0.15, -0.1) is 0 Å². The molecule has 2 rings (SSSR count). The normalized spacial score (nSPS) is 12.7. The van der Waals surface area contributed by atoms with Crippen LogP contribution in [-0.4, -0.2) is 64.6 Å². The number of methoxy groups -OCH3 is 4. The fourth-order valence-corrected chi connectivity index (χ4v) is 5.13. The third-order valence-corrected chi connectivity index (χ3v) is 7.41. The number of hydrogen-bond donors (Lipinski definition) is 1. The minimum absolute atomic E-state index is 0.0907. The van der Waals surface area contributed by atoms with Crippen molar-refractivity contribution in [3.8, 4) is 29.1 Å². The van der Waals surface area contributed by atoms with Gasteiger partial charge in [0.05, 0.1) is 45.5 Å². The van der Waals surface area contributed by atoms with Crippen molar-refractivity contribution in [2.45, 2.75) is 51.9 Å².